The Balaban J connectivity index is 2.78. The van der Waals surface area contributed by atoms with E-state index in [-0.39, 0.29) is 5.91 Å². The number of nitrogens with one attached hydrogen (secondary N) is 1. The van der Waals surface area contributed by atoms with E-state index in [1.807, 2.05) is 7.05 Å². The molecule has 0 aromatic carbocycles. The van der Waals surface area contributed by atoms with E-state index in [2.05, 4.69) is 43.1 Å². The predicted octanol–water partition coefficient (Wildman–Crippen LogP) is 0.892. The van der Waals surface area contributed by atoms with Gasteiger partial charge in [0.25, 0.3) is 0 Å². The maximum atomic E-state index is 11.9. The smallest absolute Gasteiger partial charge is 0.237 e. The van der Waals surface area contributed by atoms with Gasteiger partial charge in [-0.2, -0.15) is 0 Å². The summed E-state index contributed by atoms with van der Waals surface area (Å²) in [6.45, 7) is 7.69. The van der Waals surface area contributed by atoms with Crippen LogP contribution in [0.4, 0.5) is 0 Å². The van der Waals surface area contributed by atoms with Gasteiger partial charge in [0.05, 0.1) is 5.54 Å². The van der Waals surface area contributed by atoms with E-state index >= 15 is 0 Å². The predicted molar refractivity (Wildman–Crippen MR) is 88.2 cm³/mol. The summed E-state index contributed by atoms with van der Waals surface area (Å²) in [5, 5.41) is 3.21. The molecule has 0 aliphatic heterocycles. The highest BCUT2D eigenvalue weighted by Gasteiger charge is 2.41. The third-order valence-electron chi connectivity index (χ3n) is 4.63. The molecule has 2 atom stereocenters. The summed E-state index contributed by atoms with van der Waals surface area (Å²) in [7, 11) is 6.07. The average Bonchev–Trinajstić information content (AvgIpc) is 2.42. The summed E-state index contributed by atoms with van der Waals surface area (Å²) >= 11 is 0. The topological polar surface area (TPSA) is 61.6 Å². The molecule has 0 bridgehead atoms. The SMILES string of the molecule is CNC1(C(N)=O)CCCC(N(CCN(C)C)CC(C)C)C1. The van der Waals surface area contributed by atoms with Gasteiger partial charge in [-0.3, -0.25) is 9.69 Å². The van der Waals surface area contributed by atoms with Crippen molar-refractivity contribution < 1.29 is 4.79 Å². The Hall–Kier alpha value is -0.650. The van der Waals surface area contributed by atoms with E-state index in [9.17, 15) is 4.79 Å². The van der Waals surface area contributed by atoms with Crippen molar-refractivity contribution in [2.75, 3.05) is 40.8 Å². The number of likely N-dealkylation sites (N-methyl/N-ethyl adjacent to an activating group) is 2. The van der Waals surface area contributed by atoms with E-state index in [0.29, 0.717) is 12.0 Å². The first-order chi connectivity index (χ1) is 9.80. The number of nitrogens with zero attached hydrogens (tertiary/aromatic N) is 2. The van der Waals surface area contributed by atoms with Crippen molar-refractivity contribution in [1.82, 2.24) is 15.1 Å². The van der Waals surface area contributed by atoms with Gasteiger partial charge in [0.15, 0.2) is 0 Å². The van der Waals surface area contributed by atoms with Gasteiger partial charge in [-0.25, -0.2) is 0 Å². The van der Waals surface area contributed by atoms with Crippen LogP contribution in [0.5, 0.6) is 0 Å². The number of hydrogen-bond donors (Lipinski definition) is 2. The highest BCUT2D eigenvalue weighted by atomic mass is 16.1. The number of carbonyl (C=O) groups is 1. The first-order valence-corrected chi connectivity index (χ1v) is 8.18. The van der Waals surface area contributed by atoms with E-state index in [1.165, 1.54) is 0 Å². The molecule has 0 aromatic rings. The highest BCUT2D eigenvalue weighted by Crippen LogP contribution is 2.31. The van der Waals surface area contributed by atoms with Crippen molar-refractivity contribution in [2.24, 2.45) is 11.7 Å². The summed E-state index contributed by atoms with van der Waals surface area (Å²) in [5.74, 6) is 0.429. The second-order valence-corrected chi connectivity index (χ2v) is 7.14. The molecule has 0 saturated heterocycles. The molecule has 1 amide bonds. The number of nitrogens with two attached hydrogens (primary N) is 1. The molecule has 5 heteroatoms. The summed E-state index contributed by atoms with van der Waals surface area (Å²) in [6, 6.07) is 0.445. The van der Waals surface area contributed by atoms with Crippen LogP contribution in [-0.2, 0) is 4.79 Å². The van der Waals surface area contributed by atoms with Crippen LogP contribution in [0.2, 0.25) is 0 Å². The van der Waals surface area contributed by atoms with Crippen molar-refractivity contribution in [3.8, 4) is 0 Å². The lowest BCUT2D eigenvalue weighted by Gasteiger charge is -2.43. The first-order valence-electron chi connectivity index (χ1n) is 8.18. The summed E-state index contributed by atoms with van der Waals surface area (Å²) in [6.07, 6.45) is 3.92. The zero-order valence-corrected chi connectivity index (χ0v) is 14.5. The molecule has 1 fully saturated rings. The van der Waals surface area contributed by atoms with Crippen LogP contribution in [-0.4, -0.2) is 68.1 Å². The van der Waals surface area contributed by atoms with E-state index in [0.717, 1.165) is 45.3 Å². The number of carbonyl (C=O) groups excluding carboxylic acids is 1. The molecule has 1 aliphatic rings. The Labute approximate surface area is 130 Å². The Morgan fingerprint density at radius 2 is 2.05 bits per heavy atom. The molecule has 124 valence electrons. The van der Waals surface area contributed by atoms with Crippen molar-refractivity contribution in [1.29, 1.82) is 0 Å². The van der Waals surface area contributed by atoms with E-state index in [4.69, 9.17) is 5.73 Å². The lowest BCUT2D eigenvalue weighted by atomic mass is 9.77. The Morgan fingerprint density at radius 3 is 2.52 bits per heavy atom. The number of hydrogen-bond acceptors (Lipinski definition) is 4. The van der Waals surface area contributed by atoms with Gasteiger partial charge in [-0.1, -0.05) is 13.8 Å². The molecule has 0 radical (unpaired) electrons. The Bertz CT molecular complexity index is 332. The zero-order chi connectivity index (χ0) is 16.0. The molecule has 0 aromatic heterocycles. The third kappa shape index (κ3) is 5.24. The van der Waals surface area contributed by atoms with Crippen LogP contribution in [0, 0.1) is 5.92 Å². The van der Waals surface area contributed by atoms with Crippen LogP contribution >= 0.6 is 0 Å². The fraction of sp³-hybridized carbons (Fsp3) is 0.938. The second-order valence-electron chi connectivity index (χ2n) is 7.14. The fourth-order valence-corrected chi connectivity index (χ4v) is 3.35. The molecule has 2 unspecified atom stereocenters. The van der Waals surface area contributed by atoms with Crippen LogP contribution in [0.25, 0.3) is 0 Å². The lowest BCUT2D eigenvalue weighted by Crippen LogP contribution is -2.60. The van der Waals surface area contributed by atoms with Crippen LogP contribution in [0.3, 0.4) is 0 Å². The quantitative estimate of drug-likeness (QED) is 0.699. The molecule has 3 N–H and O–H groups in total. The minimum absolute atomic E-state index is 0.202. The summed E-state index contributed by atoms with van der Waals surface area (Å²) in [4.78, 5) is 16.7. The lowest BCUT2D eigenvalue weighted by molar-refractivity contribution is -0.126. The Morgan fingerprint density at radius 1 is 1.38 bits per heavy atom. The molecular weight excluding hydrogens is 264 g/mol. The summed E-state index contributed by atoms with van der Waals surface area (Å²) in [5.41, 5.74) is 5.15. The molecule has 1 aliphatic carbocycles. The van der Waals surface area contributed by atoms with Gasteiger partial charge in [0.1, 0.15) is 0 Å². The molecule has 1 saturated carbocycles. The monoisotopic (exact) mass is 298 g/mol. The number of primary amides is 1. The fourth-order valence-electron chi connectivity index (χ4n) is 3.35. The second kappa shape index (κ2) is 8.11. The molecule has 1 rings (SSSR count). The standard InChI is InChI=1S/C16H34N4O/c1-13(2)12-20(10-9-19(4)5)14-7-6-8-16(11-14,18-3)15(17)21/h13-14,18H,6-12H2,1-5H3,(H2,17,21). The van der Waals surface area contributed by atoms with Crippen molar-refractivity contribution in [3.63, 3.8) is 0 Å². The van der Waals surface area contributed by atoms with Crippen molar-refractivity contribution in [3.05, 3.63) is 0 Å². The number of amides is 1. The van der Waals surface area contributed by atoms with Crippen LogP contribution in [0.1, 0.15) is 39.5 Å². The first kappa shape index (κ1) is 18.4. The van der Waals surface area contributed by atoms with Crippen LogP contribution < -0.4 is 11.1 Å². The minimum atomic E-state index is -0.518. The summed E-state index contributed by atoms with van der Waals surface area (Å²) < 4.78 is 0. The van der Waals surface area contributed by atoms with Gasteiger partial charge in [0, 0.05) is 25.7 Å². The zero-order valence-electron chi connectivity index (χ0n) is 14.5. The molecule has 0 heterocycles. The molecule has 0 spiro atoms. The third-order valence-corrected chi connectivity index (χ3v) is 4.63. The van der Waals surface area contributed by atoms with E-state index in [1.54, 1.807) is 0 Å². The van der Waals surface area contributed by atoms with Crippen molar-refractivity contribution in [2.45, 2.75) is 51.1 Å². The minimum Gasteiger partial charge on any atom is -0.368 e. The molecular formula is C16H34N4O. The number of rotatable bonds is 8. The van der Waals surface area contributed by atoms with Gasteiger partial charge in [-0.15, -0.1) is 0 Å². The maximum absolute atomic E-state index is 11.9. The molecule has 5 nitrogen and oxygen atoms in total. The molecule has 21 heavy (non-hydrogen) atoms. The normalized spacial score (nSPS) is 26.8. The van der Waals surface area contributed by atoms with Crippen LogP contribution in [0.15, 0.2) is 0 Å². The average molecular weight is 298 g/mol. The van der Waals surface area contributed by atoms with Gasteiger partial charge in [0.2, 0.25) is 5.91 Å². The van der Waals surface area contributed by atoms with Crippen molar-refractivity contribution >= 4 is 5.91 Å². The van der Waals surface area contributed by atoms with E-state index < -0.39 is 5.54 Å². The largest absolute Gasteiger partial charge is 0.368 e. The van der Waals surface area contributed by atoms with Gasteiger partial charge < -0.3 is 16.0 Å². The van der Waals surface area contributed by atoms with Gasteiger partial charge >= 0.3 is 0 Å². The maximum Gasteiger partial charge on any atom is 0.237 e. The Kier molecular flexibility index (Phi) is 7.10. The van der Waals surface area contributed by atoms with Gasteiger partial charge in [-0.05, 0) is 52.7 Å². The highest BCUT2D eigenvalue weighted by molar-refractivity contribution is 5.84.